The van der Waals surface area contributed by atoms with E-state index in [4.69, 9.17) is 9.79 Å². The number of nitrogens with zero attached hydrogens (tertiary/aromatic N) is 1. The zero-order valence-electron chi connectivity index (χ0n) is 12.7. The maximum absolute atomic E-state index is 11.1. The quantitative estimate of drug-likeness (QED) is 0.352. The lowest BCUT2D eigenvalue weighted by Crippen LogP contribution is -2.46. The topological polar surface area (TPSA) is 151 Å². The molecule has 1 aromatic rings. The summed E-state index contributed by atoms with van der Waals surface area (Å²) in [5.74, 6) is -5.05. The normalized spacial score (nSPS) is 21.6. The van der Waals surface area contributed by atoms with Gasteiger partial charge in [-0.05, 0) is 35.9 Å². The third-order valence-corrected chi connectivity index (χ3v) is 4.31. The van der Waals surface area contributed by atoms with Gasteiger partial charge in [0.05, 0.1) is 11.6 Å². The summed E-state index contributed by atoms with van der Waals surface area (Å²) in [4.78, 5) is 18.0. The highest BCUT2D eigenvalue weighted by atomic mass is 31.2. The molecular weight excluding hydrogens is 337 g/mol. The fourth-order valence-corrected chi connectivity index (χ4v) is 2.94. The number of allylic oxidation sites excluding steroid dienone is 2. The number of aliphatic hydroxyl groups excluding tert-OH is 1. The molecule has 0 saturated carbocycles. The first kappa shape index (κ1) is 18.4. The lowest BCUT2D eigenvalue weighted by atomic mass is 9.79. The molecule has 8 nitrogen and oxygen atoms in total. The van der Waals surface area contributed by atoms with Gasteiger partial charge in [0.25, 0.3) is 0 Å². The SMILES string of the molecule is CC(c1ccc(O)cc1)C(O)(O)C1C=C(O)C=C/C1=N\P(=O)(O)O. The summed E-state index contributed by atoms with van der Waals surface area (Å²) in [5, 5.41) is 40.1. The van der Waals surface area contributed by atoms with Crippen molar-refractivity contribution in [1.29, 1.82) is 0 Å². The average molecular weight is 355 g/mol. The number of phenolic OH excluding ortho intramolecular Hbond substituents is 1. The van der Waals surface area contributed by atoms with Crippen LogP contribution in [0.1, 0.15) is 18.4 Å². The van der Waals surface area contributed by atoms with Gasteiger partial charge in [0, 0.05) is 5.92 Å². The van der Waals surface area contributed by atoms with Crippen LogP contribution in [0.2, 0.25) is 0 Å². The Hall–Kier alpha value is -1.96. The molecule has 0 fully saturated rings. The van der Waals surface area contributed by atoms with Crippen molar-refractivity contribution in [2.24, 2.45) is 10.7 Å². The van der Waals surface area contributed by atoms with Gasteiger partial charge in [0.1, 0.15) is 11.5 Å². The van der Waals surface area contributed by atoms with Crippen molar-refractivity contribution < 1.29 is 34.8 Å². The lowest BCUT2D eigenvalue weighted by molar-refractivity contribution is -0.188. The number of aliphatic hydroxyl groups is 3. The number of phenols is 1. The molecule has 1 aromatic carbocycles. The monoisotopic (exact) mass is 355 g/mol. The van der Waals surface area contributed by atoms with Gasteiger partial charge in [-0.3, -0.25) is 0 Å². The maximum atomic E-state index is 11.1. The summed E-state index contributed by atoms with van der Waals surface area (Å²) in [7, 11) is -4.80. The summed E-state index contributed by atoms with van der Waals surface area (Å²) in [6.45, 7) is 1.49. The van der Waals surface area contributed by atoms with E-state index in [-0.39, 0.29) is 17.2 Å². The highest BCUT2D eigenvalue weighted by molar-refractivity contribution is 7.50. The molecule has 0 radical (unpaired) electrons. The third kappa shape index (κ3) is 4.11. The van der Waals surface area contributed by atoms with Crippen LogP contribution in [0.4, 0.5) is 0 Å². The van der Waals surface area contributed by atoms with E-state index in [2.05, 4.69) is 4.76 Å². The molecular formula is C15H18NO7P. The molecule has 0 saturated heterocycles. The van der Waals surface area contributed by atoms with Crippen LogP contribution in [-0.4, -0.2) is 41.7 Å². The van der Waals surface area contributed by atoms with Crippen molar-refractivity contribution in [3.05, 3.63) is 53.8 Å². The van der Waals surface area contributed by atoms with Gasteiger partial charge in [0.15, 0.2) is 5.79 Å². The van der Waals surface area contributed by atoms with E-state index in [0.29, 0.717) is 5.56 Å². The molecule has 0 heterocycles. The van der Waals surface area contributed by atoms with Crippen LogP contribution in [0.25, 0.3) is 0 Å². The average Bonchev–Trinajstić information content (AvgIpc) is 2.47. The van der Waals surface area contributed by atoms with Crippen LogP contribution in [0.3, 0.4) is 0 Å². The van der Waals surface area contributed by atoms with Crippen LogP contribution in [0, 0.1) is 5.92 Å². The number of hydrogen-bond acceptors (Lipinski definition) is 5. The van der Waals surface area contributed by atoms with Gasteiger partial charge in [-0.25, -0.2) is 4.57 Å². The highest BCUT2D eigenvalue weighted by Crippen LogP contribution is 2.41. The summed E-state index contributed by atoms with van der Waals surface area (Å²) >= 11 is 0. The number of hydrogen-bond donors (Lipinski definition) is 6. The molecule has 0 amide bonds. The highest BCUT2D eigenvalue weighted by Gasteiger charge is 2.43. The van der Waals surface area contributed by atoms with Gasteiger partial charge >= 0.3 is 7.75 Å². The number of rotatable bonds is 4. The first-order valence-corrected chi connectivity index (χ1v) is 8.55. The molecule has 6 N–H and O–H groups in total. The van der Waals surface area contributed by atoms with E-state index in [1.807, 2.05) is 0 Å². The van der Waals surface area contributed by atoms with Crippen molar-refractivity contribution in [2.45, 2.75) is 18.6 Å². The summed E-state index contributed by atoms with van der Waals surface area (Å²) in [5.41, 5.74) is 0.201. The molecule has 1 aliphatic carbocycles. The van der Waals surface area contributed by atoms with Crippen LogP contribution in [0.5, 0.6) is 5.75 Å². The van der Waals surface area contributed by atoms with Crippen molar-refractivity contribution >= 4 is 13.5 Å². The van der Waals surface area contributed by atoms with Gasteiger partial charge in [-0.2, -0.15) is 4.76 Å². The number of benzene rings is 1. The molecule has 0 spiro atoms. The Morgan fingerprint density at radius 1 is 1.12 bits per heavy atom. The fourth-order valence-electron chi connectivity index (χ4n) is 2.45. The first-order valence-electron chi connectivity index (χ1n) is 6.99. The Bertz CT molecular complexity index is 746. The molecule has 2 unspecified atom stereocenters. The van der Waals surface area contributed by atoms with E-state index >= 15 is 0 Å². The van der Waals surface area contributed by atoms with Gasteiger partial charge in [-0.1, -0.05) is 19.1 Å². The Kier molecular flexibility index (Phi) is 4.98. The van der Waals surface area contributed by atoms with E-state index in [1.54, 1.807) is 0 Å². The maximum Gasteiger partial charge on any atom is 0.448 e. The summed E-state index contributed by atoms with van der Waals surface area (Å²) in [6, 6.07) is 5.73. The van der Waals surface area contributed by atoms with Crippen LogP contribution >= 0.6 is 7.75 Å². The molecule has 24 heavy (non-hydrogen) atoms. The Labute approximate surface area is 138 Å². The van der Waals surface area contributed by atoms with Gasteiger partial charge < -0.3 is 30.2 Å². The second-order valence-corrected chi connectivity index (χ2v) is 6.76. The largest absolute Gasteiger partial charge is 0.508 e. The zero-order valence-corrected chi connectivity index (χ0v) is 13.6. The second kappa shape index (κ2) is 6.51. The molecule has 2 atom stereocenters. The molecule has 130 valence electrons. The van der Waals surface area contributed by atoms with Gasteiger partial charge in [0.2, 0.25) is 0 Å². The predicted molar refractivity (Wildman–Crippen MR) is 86.5 cm³/mol. The molecule has 0 bridgehead atoms. The molecule has 0 aromatic heterocycles. The van der Waals surface area contributed by atoms with E-state index in [0.717, 1.165) is 18.2 Å². The van der Waals surface area contributed by atoms with E-state index in [1.165, 1.54) is 31.2 Å². The van der Waals surface area contributed by atoms with Crippen LogP contribution in [-0.2, 0) is 4.57 Å². The molecule has 1 aliphatic rings. The Morgan fingerprint density at radius 2 is 1.71 bits per heavy atom. The Morgan fingerprint density at radius 3 is 2.25 bits per heavy atom. The predicted octanol–water partition coefficient (Wildman–Crippen LogP) is 1.34. The first-order chi connectivity index (χ1) is 11.0. The smallest absolute Gasteiger partial charge is 0.448 e. The minimum Gasteiger partial charge on any atom is -0.508 e. The lowest BCUT2D eigenvalue weighted by Gasteiger charge is -2.36. The summed E-state index contributed by atoms with van der Waals surface area (Å²) in [6.07, 6.45) is 3.32. The number of aromatic hydroxyl groups is 1. The van der Waals surface area contributed by atoms with E-state index < -0.39 is 25.4 Å². The van der Waals surface area contributed by atoms with E-state index in [9.17, 15) is 25.0 Å². The Balaban J connectivity index is 2.44. The van der Waals surface area contributed by atoms with Crippen LogP contribution < -0.4 is 0 Å². The van der Waals surface area contributed by atoms with Crippen LogP contribution in [0.15, 0.2) is 53.0 Å². The summed E-state index contributed by atoms with van der Waals surface area (Å²) < 4.78 is 14.4. The third-order valence-electron chi connectivity index (χ3n) is 3.81. The zero-order chi connectivity index (χ0) is 18.1. The second-order valence-electron chi connectivity index (χ2n) is 5.54. The van der Waals surface area contributed by atoms with Gasteiger partial charge in [-0.15, -0.1) is 0 Å². The van der Waals surface area contributed by atoms with Crippen molar-refractivity contribution in [1.82, 2.24) is 0 Å². The van der Waals surface area contributed by atoms with Crippen molar-refractivity contribution in [2.75, 3.05) is 0 Å². The van der Waals surface area contributed by atoms with Crippen molar-refractivity contribution in [3.63, 3.8) is 0 Å². The minimum atomic E-state index is -4.80. The fraction of sp³-hybridized carbons (Fsp3) is 0.267. The minimum absolute atomic E-state index is 0.00863. The molecule has 9 heteroatoms. The molecule has 2 rings (SSSR count). The molecule has 0 aliphatic heterocycles. The van der Waals surface area contributed by atoms with Crippen molar-refractivity contribution in [3.8, 4) is 5.75 Å². The standard InChI is InChI=1S/C15H18NO7P/c1-9(10-2-4-11(17)5-3-10)15(19,20)13-8-12(18)6-7-14(13)16-24(21,22)23/h2-9,13,17-20H,1H3,(H2,21,22,23)/b16-14+.